The maximum Gasteiger partial charge on any atom is 0.417 e. The molecule has 33 heavy (non-hydrogen) atoms. The van der Waals surface area contributed by atoms with Gasteiger partial charge in [-0.3, -0.25) is 9.52 Å². The second-order valence-corrected chi connectivity index (χ2v) is 9.02. The van der Waals surface area contributed by atoms with E-state index in [9.17, 15) is 26.4 Å². The number of aryl methyl sites for hydroxylation is 1. The van der Waals surface area contributed by atoms with E-state index in [-0.39, 0.29) is 16.3 Å². The Kier molecular flexibility index (Phi) is 7.19. The van der Waals surface area contributed by atoms with E-state index >= 15 is 0 Å². The highest BCUT2D eigenvalue weighted by Gasteiger charge is 2.33. The second-order valence-electron chi connectivity index (χ2n) is 6.93. The second kappa shape index (κ2) is 9.72. The molecular weight excluding hydrogens is 481 g/mol. The van der Waals surface area contributed by atoms with Gasteiger partial charge in [-0.1, -0.05) is 29.8 Å². The number of carbonyl (C=O) groups excluding carboxylic acids is 1. The normalized spacial score (nSPS) is 11.7. The van der Waals surface area contributed by atoms with Crippen molar-refractivity contribution in [3.8, 4) is 5.75 Å². The van der Waals surface area contributed by atoms with Crippen molar-refractivity contribution in [1.29, 1.82) is 0 Å². The number of benzene rings is 3. The lowest BCUT2D eigenvalue weighted by Crippen LogP contribution is -2.21. The third-order valence-corrected chi connectivity index (χ3v) is 6.11. The van der Waals surface area contributed by atoms with Gasteiger partial charge < -0.3 is 10.1 Å². The predicted molar refractivity (Wildman–Crippen MR) is 119 cm³/mol. The van der Waals surface area contributed by atoms with Crippen molar-refractivity contribution in [2.45, 2.75) is 18.0 Å². The Labute approximate surface area is 193 Å². The van der Waals surface area contributed by atoms with Gasteiger partial charge in [0.1, 0.15) is 5.75 Å². The SMILES string of the molecule is Cc1cc(S(=O)(=O)Nc2ccccc2)ccc1OCC(=O)Nc1ccc(Cl)c(C(F)(F)F)c1. The summed E-state index contributed by atoms with van der Waals surface area (Å²) < 4.78 is 71.8. The van der Waals surface area contributed by atoms with Crippen LogP contribution in [0, 0.1) is 6.92 Å². The van der Waals surface area contributed by atoms with Crippen molar-refractivity contribution < 1.29 is 31.1 Å². The van der Waals surface area contributed by atoms with Gasteiger partial charge in [0.25, 0.3) is 15.9 Å². The molecule has 0 aromatic heterocycles. The molecule has 0 saturated heterocycles. The van der Waals surface area contributed by atoms with Gasteiger partial charge in [0.2, 0.25) is 0 Å². The molecule has 3 rings (SSSR count). The highest BCUT2D eigenvalue weighted by Crippen LogP contribution is 2.36. The Hall–Kier alpha value is -3.24. The molecule has 1 amide bonds. The van der Waals surface area contributed by atoms with Crippen molar-refractivity contribution in [3.05, 3.63) is 82.9 Å². The van der Waals surface area contributed by atoms with E-state index in [1.54, 1.807) is 37.3 Å². The molecule has 0 heterocycles. The summed E-state index contributed by atoms with van der Waals surface area (Å²) >= 11 is 5.56. The van der Waals surface area contributed by atoms with Gasteiger partial charge in [-0.2, -0.15) is 13.2 Å². The van der Waals surface area contributed by atoms with Crippen LogP contribution < -0.4 is 14.8 Å². The lowest BCUT2D eigenvalue weighted by Gasteiger charge is -2.13. The van der Waals surface area contributed by atoms with E-state index in [0.717, 1.165) is 12.1 Å². The molecule has 11 heteroatoms. The van der Waals surface area contributed by atoms with Gasteiger partial charge in [0, 0.05) is 11.4 Å². The average Bonchev–Trinajstić information content (AvgIpc) is 2.74. The van der Waals surface area contributed by atoms with Crippen LogP contribution in [-0.2, 0) is 21.0 Å². The molecule has 0 atom stereocenters. The Morgan fingerprint density at radius 3 is 2.33 bits per heavy atom. The molecule has 0 aliphatic carbocycles. The minimum Gasteiger partial charge on any atom is -0.483 e. The van der Waals surface area contributed by atoms with Crippen molar-refractivity contribution in [2.75, 3.05) is 16.6 Å². The highest BCUT2D eigenvalue weighted by molar-refractivity contribution is 7.92. The lowest BCUT2D eigenvalue weighted by molar-refractivity contribution is -0.137. The zero-order valence-corrected chi connectivity index (χ0v) is 18.7. The fraction of sp³-hybridized carbons (Fsp3) is 0.136. The van der Waals surface area contributed by atoms with E-state index in [4.69, 9.17) is 16.3 Å². The molecule has 0 fully saturated rings. The Bertz CT molecular complexity index is 1270. The molecule has 3 aromatic rings. The summed E-state index contributed by atoms with van der Waals surface area (Å²) in [6.45, 7) is 1.10. The standard InChI is InChI=1S/C22H18ClF3N2O4S/c1-14-11-17(33(30,31)28-15-5-3-2-4-6-15)8-10-20(14)32-13-21(29)27-16-7-9-19(23)18(12-16)22(24,25)26/h2-12,28H,13H2,1H3,(H,27,29). The minimum atomic E-state index is -4.66. The van der Waals surface area contributed by atoms with Crippen LogP contribution in [0.5, 0.6) is 5.75 Å². The summed E-state index contributed by atoms with van der Waals surface area (Å²) in [5, 5.41) is 1.82. The zero-order valence-electron chi connectivity index (χ0n) is 17.1. The van der Waals surface area contributed by atoms with Crippen LogP contribution in [0.25, 0.3) is 0 Å². The van der Waals surface area contributed by atoms with E-state index in [1.807, 2.05) is 0 Å². The first-order valence-electron chi connectivity index (χ1n) is 9.43. The van der Waals surface area contributed by atoms with E-state index in [1.165, 1.54) is 24.3 Å². The number of halogens is 4. The summed E-state index contributed by atoms with van der Waals surface area (Å²) in [7, 11) is -3.83. The maximum atomic E-state index is 12.9. The molecule has 2 N–H and O–H groups in total. The zero-order chi connectivity index (χ0) is 24.2. The highest BCUT2D eigenvalue weighted by atomic mass is 35.5. The third kappa shape index (κ3) is 6.39. The first-order valence-corrected chi connectivity index (χ1v) is 11.3. The van der Waals surface area contributed by atoms with Crippen molar-refractivity contribution in [1.82, 2.24) is 0 Å². The van der Waals surface area contributed by atoms with Crippen LogP contribution in [0.4, 0.5) is 24.5 Å². The summed E-state index contributed by atoms with van der Waals surface area (Å²) in [4.78, 5) is 12.1. The summed E-state index contributed by atoms with van der Waals surface area (Å²) in [5.41, 5.74) is -0.308. The molecule has 0 unspecified atom stereocenters. The number of ether oxygens (including phenoxy) is 1. The topological polar surface area (TPSA) is 84.5 Å². The maximum absolute atomic E-state index is 12.9. The Morgan fingerprint density at radius 1 is 1.00 bits per heavy atom. The third-order valence-electron chi connectivity index (χ3n) is 4.40. The number of alkyl halides is 3. The Balaban J connectivity index is 1.65. The molecule has 174 valence electrons. The number of hydrogen-bond acceptors (Lipinski definition) is 4. The molecule has 0 bridgehead atoms. The van der Waals surface area contributed by atoms with E-state index < -0.39 is 39.3 Å². The number of rotatable bonds is 7. The molecule has 0 spiro atoms. The van der Waals surface area contributed by atoms with Crippen LogP contribution in [-0.4, -0.2) is 20.9 Å². The van der Waals surface area contributed by atoms with Crippen molar-refractivity contribution in [3.63, 3.8) is 0 Å². The van der Waals surface area contributed by atoms with Crippen LogP contribution in [0.15, 0.2) is 71.6 Å². The monoisotopic (exact) mass is 498 g/mol. The summed E-state index contributed by atoms with van der Waals surface area (Å²) in [6.07, 6.45) is -4.66. The fourth-order valence-corrected chi connectivity index (χ4v) is 4.20. The number of amides is 1. The number of para-hydroxylation sites is 1. The van der Waals surface area contributed by atoms with Gasteiger partial charge in [-0.05, 0) is 61.0 Å². The van der Waals surface area contributed by atoms with Gasteiger partial charge in [0.05, 0.1) is 15.5 Å². The van der Waals surface area contributed by atoms with E-state index in [2.05, 4.69) is 10.0 Å². The van der Waals surface area contributed by atoms with E-state index in [0.29, 0.717) is 11.3 Å². The van der Waals surface area contributed by atoms with Gasteiger partial charge in [-0.15, -0.1) is 0 Å². The molecule has 0 radical (unpaired) electrons. The molecular formula is C22H18ClF3N2O4S. The van der Waals surface area contributed by atoms with Crippen LogP contribution >= 0.6 is 11.6 Å². The number of hydrogen-bond donors (Lipinski definition) is 2. The summed E-state index contributed by atoms with van der Waals surface area (Å²) in [6, 6.07) is 15.5. The van der Waals surface area contributed by atoms with Crippen molar-refractivity contribution >= 4 is 38.9 Å². The van der Waals surface area contributed by atoms with Gasteiger partial charge in [0.15, 0.2) is 6.61 Å². The smallest absolute Gasteiger partial charge is 0.417 e. The van der Waals surface area contributed by atoms with Crippen LogP contribution in [0.1, 0.15) is 11.1 Å². The van der Waals surface area contributed by atoms with Gasteiger partial charge in [-0.25, -0.2) is 8.42 Å². The summed E-state index contributed by atoms with van der Waals surface area (Å²) in [5.74, 6) is -0.455. The lowest BCUT2D eigenvalue weighted by atomic mass is 10.2. The minimum absolute atomic E-state index is 0.00139. The first-order chi connectivity index (χ1) is 15.5. The Morgan fingerprint density at radius 2 is 1.70 bits per heavy atom. The van der Waals surface area contributed by atoms with Crippen LogP contribution in [0.3, 0.4) is 0 Å². The number of anilines is 2. The first kappa shape index (κ1) is 24.4. The average molecular weight is 499 g/mol. The largest absolute Gasteiger partial charge is 0.483 e. The molecule has 0 aliphatic heterocycles. The fourth-order valence-electron chi connectivity index (χ4n) is 2.83. The van der Waals surface area contributed by atoms with Crippen molar-refractivity contribution in [2.24, 2.45) is 0 Å². The molecule has 6 nitrogen and oxygen atoms in total. The van der Waals surface area contributed by atoms with Gasteiger partial charge >= 0.3 is 6.18 Å². The predicted octanol–water partition coefficient (Wildman–Crippen LogP) is 5.49. The molecule has 0 saturated carbocycles. The number of sulfonamides is 1. The number of nitrogens with one attached hydrogen (secondary N) is 2. The molecule has 0 aliphatic rings. The van der Waals surface area contributed by atoms with Crippen LogP contribution in [0.2, 0.25) is 5.02 Å². The molecule has 3 aromatic carbocycles. The number of carbonyl (C=O) groups is 1. The quantitative estimate of drug-likeness (QED) is 0.451.